The van der Waals surface area contributed by atoms with Crippen molar-refractivity contribution in [2.75, 3.05) is 6.61 Å². The molecular formula is C20H19N3O2. The molecule has 0 spiro atoms. The summed E-state index contributed by atoms with van der Waals surface area (Å²) in [4.78, 5) is 16.1. The Balaban J connectivity index is 1.76. The van der Waals surface area contributed by atoms with Crippen molar-refractivity contribution in [3.63, 3.8) is 0 Å². The summed E-state index contributed by atoms with van der Waals surface area (Å²) in [6, 6.07) is 17.7. The molecule has 0 aliphatic carbocycles. The van der Waals surface area contributed by atoms with Gasteiger partial charge in [0.25, 0.3) is 0 Å². The number of carbonyl (C=O) groups excluding carboxylic acids is 1. The van der Waals surface area contributed by atoms with Crippen LogP contribution in [0.25, 0.3) is 10.9 Å². The molecule has 2 aromatic carbocycles. The molecule has 2 aliphatic heterocycles. The Bertz CT molecular complexity index is 950. The van der Waals surface area contributed by atoms with E-state index in [1.165, 1.54) is 0 Å². The molecular weight excluding hydrogens is 314 g/mol. The van der Waals surface area contributed by atoms with Gasteiger partial charge in [-0.2, -0.15) is 0 Å². The summed E-state index contributed by atoms with van der Waals surface area (Å²) in [6.07, 6.45) is 0. The summed E-state index contributed by atoms with van der Waals surface area (Å²) in [5.74, 6) is -0.121. The first kappa shape index (κ1) is 14.7. The normalized spacial score (nSPS) is 27.8. The molecule has 25 heavy (non-hydrogen) atoms. The smallest absolute Gasteiger partial charge is 0.238 e. The van der Waals surface area contributed by atoms with Crippen LogP contribution in [-0.2, 0) is 4.79 Å². The molecule has 5 heteroatoms. The standard InChI is InChI=1S/C20H19N3O2/c24-10-14-16-15-12-8-4-5-9-13(12)21-18(15)17(11-6-2-1-3-7-11)23-19(16)20(25)22-14/h1-9,14,16-17,19,21,23-24H,10H2,(H,22,25)/t14-,16+,17+,19+/m0/s1. The molecule has 0 unspecified atom stereocenters. The van der Waals surface area contributed by atoms with E-state index in [0.717, 1.165) is 27.7 Å². The fourth-order valence-corrected chi connectivity index (χ4v) is 4.41. The number of aromatic nitrogens is 1. The monoisotopic (exact) mass is 333 g/mol. The second-order valence-electron chi connectivity index (χ2n) is 6.81. The van der Waals surface area contributed by atoms with Crippen molar-refractivity contribution >= 4 is 16.8 Å². The lowest BCUT2D eigenvalue weighted by molar-refractivity contribution is -0.121. The average Bonchev–Trinajstić information content (AvgIpc) is 3.19. The summed E-state index contributed by atoms with van der Waals surface area (Å²) in [6.45, 7) is -0.0659. The third-order valence-electron chi connectivity index (χ3n) is 5.48. The lowest BCUT2D eigenvalue weighted by Gasteiger charge is -2.34. The van der Waals surface area contributed by atoms with E-state index in [1.54, 1.807) is 0 Å². The number of hydrogen-bond donors (Lipinski definition) is 4. The summed E-state index contributed by atoms with van der Waals surface area (Å²) < 4.78 is 0. The van der Waals surface area contributed by atoms with E-state index in [-0.39, 0.29) is 36.6 Å². The van der Waals surface area contributed by atoms with Crippen molar-refractivity contribution < 1.29 is 9.90 Å². The Labute approximate surface area is 145 Å². The van der Waals surface area contributed by atoms with E-state index >= 15 is 0 Å². The van der Waals surface area contributed by atoms with Crippen LogP contribution in [0.15, 0.2) is 54.6 Å². The first-order valence-electron chi connectivity index (χ1n) is 8.60. The highest BCUT2D eigenvalue weighted by molar-refractivity contribution is 5.92. The van der Waals surface area contributed by atoms with E-state index in [1.807, 2.05) is 30.3 Å². The number of H-pyrrole nitrogens is 1. The molecule has 3 heterocycles. The van der Waals surface area contributed by atoms with Crippen LogP contribution in [-0.4, -0.2) is 34.7 Å². The Morgan fingerprint density at radius 3 is 2.56 bits per heavy atom. The Hall–Kier alpha value is -2.63. The minimum absolute atomic E-state index is 0.0408. The Kier molecular flexibility index (Phi) is 3.20. The average molecular weight is 333 g/mol. The minimum Gasteiger partial charge on any atom is -0.394 e. The van der Waals surface area contributed by atoms with Crippen molar-refractivity contribution in [1.82, 2.24) is 15.6 Å². The van der Waals surface area contributed by atoms with Crippen LogP contribution < -0.4 is 10.6 Å². The molecule has 5 rings (SSSR count). The SMILES string of the molecule is O=C1N[C@@H](CO)[C@@H]2c3c([nH]c4ccccc34)[C@@H](c3ccccc3)N[C@@H]12. The van der Waals surface area contributed by atoms with Crippen molar-refractivity contribution in [3.05, 3.63) is 71.4 Å². The molecule has 5 nitrogen and oxygen atoms in total. The predicted molar refractivity (Wildman–Crippen MR) is 95.3 cm³/mol. The van der Waals surface area contributed by atoms with Gasteiger partial charge < -0.3 is 15.4 Å². The van der Waals surface area contributed by atoms with Gasteiger partial charge in [-0.05, 0) is 17.2 Å². The highest BCUT2D eigenvalue weighted by atomic mass is 16.3. The fraction of sp³-hybridized carbons (Fsp3) is 0.250. The number of benzene rings is 2. The number of para-hydroxylation sites is 1. The molecule has 0 radical (unpaired) electrons. The molecule has 1 aromatic heterocycles. The topological polar surface area (TPSA) is 77.2 Å². The number of fused-ring (bicyclic) bond motifs is 5. The molecule has 1 amide bonds. The number of nitrogens with one attached hydrogen (secondary N) is 3. The van der Waals surface area contributed by atoms with Crippen LogP contribution in [0, 0.1) is 0 Å². The molecule has 4 atom stereocenters. The minimum atomic E-state index is -0.339. The second-order valence-corrected chi connectivity index (χ2v) is 6.81. The van der Waals surface area contributed by atoms with E-state index in [9.17, 15) is 9.90 Å². The van der Waals surface area contributed by atoms with Crippen LogP contribution in [0.4, 0.5) is 0 Å². The first-order valence-corrected chi connectivity index (χ1v) is 8.60. The van der Waals surface area contributed by atoms with Gasteiger partial charge >= 0.3 is 0 Å². The van der Waals surface area contributed by atoms with Gasteiger partial charge in [0.1, 0.15) is 0 Å². The highest BCUT2D eigenvalue weighted by Crippen LogP contribution is 2.44. The largest absolute Gasteiger partial charge is 0.394 e. The zero-order valence-electron chi connectivity index (χ0n) is 13.6. The molecule has 1 saturated heterocycles. The molecule has 3 aromatic rings. The summed E-state index contributed by atoms with van der Waals surface area (Å²) >= 11 is 0. The second kappa shape index (κ2) is 5.44. The number of rotatable bonds is 2. The molecule has 0 bridgehead atoms. The van der Waals surface area contributed by atoms with Gasteiger partial charge in [0.15, 0.2) is 0 Å². The van der Waals surface area contributed by atoms with Gasteiger partial charge in [0, 0.05) is 22.5 Å². The lowest BCUT2D eigenvalue weighted by Crippen LogP contribution is -2.45. The Morgan fingerprint density at radius 2 is 1.76 bits per heavy atom. The van der Waals surface area contributed by atoms with Crippen LogP contribution in [0.2, 0.25) is 0 Å². The highest BCUT2D eigenvalue weighted by Gasteiger charge is 2.49. The van der Waals surface area contributed by atoms with Crippen molar-refractivity contribution in [1.29, 1.82) is 0 Å². The predicted octanol–water partition coefficient (Wildman–Crippen LogP) is 1.80. The van der Waals surface area contributed by atoms with Crippen LogP contribution in [0.1, 0.15) is 28.8 Å². The maximum absolute atomic E-state index is 12.5. The number of amides is 1. The Morgan fingerprint density at radius 1 is 1.00 bits per heavy atom. The maximum atomic E-state index is 12.5. The summed E-state index contributed by atoms with van der Waals surface area (Å²) in [7, 11) is 0. The molecule has 0 saturated carbocycles. The third kappa shape index (κ3) is 2.06. The van der Waals surface area contributed by atoms with Gasteiger partial charge in [-0.15, -0.1) is 0 Å². The summed E-state index contributed by atoms with van der Waals surface area (Å²) in [5, 5.41) is 17.4. The van der Waals surface area contributed by atoms with E-state index in [0.29, 0.717) is 0 Å². The van der Waals surface area contributed by atoms with Gasteiger partial charge in [-0.3, -0.25) is 10.1 Å². The molecule has 126 valence electrons. The van der Waals surface area contributed by atoms with Crippen molar-refractivity contribution in [3.8, 4) is 0 Å². The van der Waals surface area contributed by atoms with Crippen LogP contribution in [0.5, 0.6) is 0 Å². The summed E-state index contributed by atoms with van der Waals surface area (Å²) in [5.41, 5.74) is 4.41. The van der Waals surface area contributed by atoms with Crippen LogP contribution >= 0.6 is 0 Å². The van der Waals surface area contributed by atoms with Gasteiger partial charge in [0.05, 0.1) is 24.7 Å². The lowest BCUT2D eigenvalue weighted by atomic mass is 9.80. The quantitative estimate of drug-likeness (QED) is 0.578. The van der Waals surface area contributed by atoms with Crippen molar-refractivity contribution in [2.24, 2.45) is 0 Å². The first-order chi connectivity index (χ1) is 12.3. The van der Waals surface area contributed by atoms with Gasteiger partial charge in [-0.25, -0.2) is 0 Å². The molecule has 1 fully saturated rings. The number of aliphatic hydroxyl groups excluding tert-OH is 1. The van der Waals surface area contributed by atoms with Crippen molar-refractivity contribution in [2.45, 2.75) is 24.0 Å². The fourth-order valence-electron chi connectivity index (χ4n) is 4.41. The number of aromatic amines is 1. The van der Waals surface area contributed by atoms with Gasteiger partial charge in [0.2, 0.25) is 5.91 Å². The van der Waals surface area contributed by atoms with Crippen LogP contribution in [0.3, 0.4) is 0 Å². The zero-order chi connectivity index (χ0) is 17.0. The third-order valence-corrected chi connectivity index (χ3v) is 5.48. The van der Waals surface area contributed by atoms with E-state index < -0.39 is 0 Å². The molecule has 4 N–H and O–H groups in total. The number of hydrogen-bond acceptors (Lipinski definition) is 3. The number of aliphatic hydroxyl groups is 1. The zero-order valence-corrected chi connectivity index (χ0v) is 13.6. The van der Waals surface area contributed by atoms with E-state index in [2.05, 4.69) is 39.9 Å². The van der Waals surface area contributed by atoms with Gasteiger partial charge in [-0.1, -0.05) is 48.5 Å². The maximum Gasteiger partial charge on any atom is 0.238 e. The number of carbonyl (C=O) groups is 1. The molecule has 2 aliphatic rings. The van der Waals surface area contributed by atoms with E-state index in [4.69, 9.17) is 0 Å².